The lowest BCUT2D eigenvalue weighted by Gasteiger charge is -2.35. The van der Waals surface area contributed by atoms with Gasteiger partial charge in [-0.1, -0.05) is 12.2 Å². The number of aliphatic imine (C=N–C) groups is 1. The molecule has 1 aliphatic carbocycles. The van der Waals surface area contributed by atoms with Crippen molar-refractivity contribution in [1.82, 2.24) is 10.2 Å². The summed E-state index contributed by atoms with van der Waals surface area (Å²) in [6.07, 6.45) is 1.34. The van der Waals surface area contributed by atoms with Gasteiger partial charge >= 0.3 is 12.1 Å². The Balaban J connectivity index is 0.000000236. The Morgan fingerprint density at radius 3 is 2.65 bits per heavy atom. The maximum absolute atomic E-state index is 12.1. The molecule has 0 spiro atoms. The Labute approximate surface area is 128 Å². The van der Waals surface area contributed by atoms with Gasteiger partial charge in [-0.15, -0.1) is 0 Å². The van der Waals surface area contributed by atoms with Gasteiger partial charge in [0.25, 0.3) is 0 Å². The van der Waals surface area contributed by atoms with Crippen LogP contribution in [0.25, 0.3) is 0 Å². The fraction of sp³-hybridized carbons (Fsp3) is 0.385. The second-order valence-corrected chi connectivity index (χ2v) is 4.84. The topological polar surface area (TPSA) is 99.1 Å². The lowest BCUT2D eigenvalue weighted by molar-refractivity contribution is -0.192. The number of amidine groups is 1. The highest BCUT2D eigenvalue weighted by atomic mass is 19.4. The van der Waals surface area contributed by atoms with Gasteiger partial charge in [0.1, 0.15) is 12.4 Å². The Morgan fingerprint density at radius 2 is 2.04 bits per heavy atom. The van der Waals surface area contributed by atoms with Gasteiger partial charge in [-0.25, -0.2) is 9.79 Å². The molecule has 23 heavy (non-hydrogen) atoms. The zero-order valence-electron chi connectivity index (χ0n) is 11.6. The second-order valence-electron chi connectivity index (χ2n) is 4.84. The Kier molecular flexibility index (Phi) is 4.52. The van der Waals surface area contributed by atoms with Gasteiger partial charge < -0.3 is 10.4 Å². The first-order valence-corrected chi connectivity index (χ1v) is 6.52. The molecular formula is C13H12F3N3O4. The monoisotopic (exact) mass is 331 g/mol. The van der Waals surface area contributed by atoms with Crippen molar-refractivity contribution in [2.45, 2.75) is 12.6 Å². The van der Waals surface area contributed by atoms with Gasteiger partial charge in [0.15, 0.2) is 0 Å². The highest BCUT2D eigenvalue weighted by molar-refractivity contribution is 6.09. The molecule has 3 rings (SSSR count). The van der Waals surface area contributed by atoms with Crippen LogP contribution in [0.5, 0.6) is 0 Å². The minimum Gasteiger partial charge on any atom is -0.475 e. The van der Waals surface area contributed by atoms with Crippen LogP contribution in [0.15, 0.2) is 28.9 Å². The molecule has 1 saturated heterocycles. The van der Waals surface area contributed by atoms with E-state index in [1.807, 2.05) is 18.2 Å². The van der Waals surface area contributed by atoms with E-state index in [4.69, 9.17) is 9.90 Å². The number of aliphatic carboxylic acids is 1. The number of nitrogens with one attached hydrogen (secondary N) is 1. The SMILES string of the molecule is O=C(O)C(F)(F)F.O=C1CN2C(=O)C3CC=CC=C3N=C2CN1. The third kappa shape index (κ3) is 3.76. The van der Waals surface area contributed by atoms with Gasteiger partial charge in [-0.2, -0.15) is 13.2 Å². The molecule has 2 aliphatic heterocycles. The molecule has 0 aromatic rings. The molecule has 2 N–H and O–H groups in total. The van der Waals surface area contributed by atoms with Crippen molar-refractivity contribution in [2.75, 3.05) is 13.1 Å². The van der Waals surface area contributed by atoms with E-state index in [9.17, 15) is 22.8 Å². The molecule has 1 atom stereocenters. The first kappa shape index (κ1) is 16.7. The van der Waals surface area contributed by atoms with Gasteiger partial charge in [-0.3, -0.25) is 14.5 Å². The molecule has 3 aliphatic rings. The molecule has 0 aromatic carbocycles. The van der Waals surface area contributed by atoms with E-state index in [0.717, 1.165) is 5.70 Å². The number of rotatable bonds is 0. The Morgan fingerprint density at radius 1 is 1.39 bits per heavy atom. The van der Waals surface area contributed by atoms with Crippen molar-refractivity contribution in [3.05, 3.63) is 23.9 Å². The van der Waals surface area contributed by atoms with Crippen molar-refractivity contribution in [3.8, 4) is 0 Å². The minimum atomic E-state index is -5.08. The number of carbonyl (C=O) groups excluding carboxylic acids is 2. The van der Waals surface area contributed by atoms with Crippen LogP contribution in [0.1, 0.15) is 6.42 Å². The maximum atomic E-state index is 12.1. The average molecular weight is 331 g/mol. The molecule has 124 valence electrons. The normalized spacial score (nSPS) is 22.7. The van der Waals surface area contributed by atoms with Crippen LogP contribution < -0.4 is 5.32 Å². The van der Waals surface area contributed by atoms with Gasteiger partial charge in [-0.05, 0) is 12.5 Å². The van der Waals surface area contributed by atoms with Crippen molar-refractivity contribution >= 4 is 23.6 Å². The highest BCUT2D eigenvalue weighted by Crippen LogP contribution is 2.28. The summed E-state index contributed by atoms with van der Waals surface area (Å²) in [6, 6.07) is 0. The Bertz CT molecular complexity index is 637. The molecule has 0 bridgehead atoms. The zero-order chi connectivity index (χ0) is 17.2. The number of piperazine rings is 1. The number of carboxylic acid groups (broad SMARTS) is 1. The van der Waals surface area contributed by atoms with E-state index in [0.29, 0.717) is 18.8 Å². The molecule has 2 heterocycles. The molecule has 10 heteroatoms. The summed E-state index contributed by atoms with van der Waals surface area (Å²) >= 11 is 0. The number of carboxylic acids is 1. The molecule has 0 radical (unpaired) electrons. The van der Waals surface area contributed by atoms with Gasteiger partial charge in [0.05, 0.1) is 18.2 Å². The van der Waals surface area contributed by atoms with Crippen LogP contribution in [0, 0.1) is 5.92 Å². The molecule has 1 unspecified atom stereocenters. The molecule has 0 aromatic heterocycles. The first-order chi connectivity index (χ1) is 10.7. The van der Waals surface area contributed by atoms with E-state index in [1.165, 1.54) is 4.90 Å². The molecular weight excluding hydrogens is 319 g/mol. The number of halogens is 3. The van der Waals surface area contributed by atoms with Crippen molar-refractivity contribution < 1.29 is 32.7 Å². The summed E-state index contributed by atoms with van der Waals surface area (Å²) in [5.41, 5.74) is 0.815. The second kappa shape index (κ2) is 6.23. The number of alkyl halides is 3. The standard InChI is InChI=1S/C11H11N3O2.C2HF3O2/c15-10-6-14-9(5-12-10)13-8-4-2-1-3-7(8)11(14)16;3-2(4,5)1(6)7/h1-2,4,7H,3,5-6H2,(H,12,15);(H,6,7). The smallest absolute Gasteiger partial charge is 0.475 e. The van der Waals surface area contributed by atoms with E-state index in [-0.39, 0.29) is 24.3 Å². The predicted molar refractivity (Wildman–Crippen MR) is 71.2 cm³/mol. The summed E-state index contributed by atoms with van der Waals surface area (Å²) in [4.78, 5) is 38.2. The summed E-state index contributed by atoms with van der Waals surface area (Å²) in [5.74, 6) is -2.42. The van der Waals surface area contributed by atoms with Gasteiger partial charge in [0, 0.05) is 0 Å². The molecule has 7 nitrogen and oxygen atoms in total. The third-order valence-corrected chi connectivity index (χ3v) is 3.25. The molecule has 1 fully saturated rings. The number of hydrogen-bond acceptors (Lipinski definition) is 4. The Hall–Kier alpha value is -2.65. The number of hydrogen-bond donors (Lipinski definition) is 2. The summed E-state index contributed by atoms with van der Waals surface area (Å²) < 4.78 is 31.7. The van der Waals surface area contributed by atoms with E-state index in [1.54, 1.807) is 0 Å². The van der Waals surface area contributed by atoms with Crippen LogP contribution in [0.3, 0.4) is 0 Å². The zero-order valence-corrected chi connectivity index (χ0v) is 11.6. The fourth-order valence-corrected chi connectivity index (χ4v) is 2.17. The molecule has 2 amide bonds. The summed E-state index contributed by atoms with van der Waals surface area (Å²) in [6.45, 7) is 0.448. The minimum absolute atomic E-state index is 0.00421. The van der Waals surface area contributed by atoms with Crippen LogP contribution in [-0.2, 0) is 14.4 Å². The van der Waals surface area contributed by atoms with Crippen LogP contribution in [0.2, 0.25) is 0 Å². The van der Waals surface area contributed by atoms with Crippen LogP contribution in [-0.4, -0.2) is 52.9 Å². The van der Waals surface area contributed by atoms with E-state index < -0.39 is 12.1 Å². The van der Waals surface area contributed by atoms with E-state index in [2.05, 4.69) is 10.3 Å². The lowest BCUT2D eigenvalue weighted by Crippen LogP contribution is -2.57. The number of carbonyl (C=O) groups is 3. The fourth-order valence-electron chi connectivity index (χ4n) is 2.17. The quantitative estimate of drug-likeness (QED) is 0.673. The number of allylic oxidation sites excluding steroid dienone is 3. The lowest BCUT2D eigenvalue weighted by atomic mass is 9.93. The van der Waals surface area contributed by atoms with Crippen molar-refractivity contribution in [2.24, 2.45) is 10.9 Å². The maximum Gasteiger partial charge on any atom is 0.490 e. The van der Waals surface area contributed by atoms with Crippen LogP contribution >= 0.6 is 0 Å². The predicted octanol–water partition coefficient (Wildman–Crippen LogP) is 0.450. The largest absolute Gasteiger partial charge is 0.490 e. The molecule has 0 saturated carbocycles. The number of amides is 2. The third-order valence-electron chi connectivity index (χ3n) is 3.25. The van der Waals surface area contributed by atoms with Crippen LogP contribution in [0.4, 0.5) is 13.2 Å². The first-order valence-electron chi connectivity index (χ1n) is 6.52. The van der Waals surface area contributed by atoms with E-state index >= 15 is 0 Å². The van der Waals surface area contributed by atoms with Gasteiger partial charge in [0.2, 0.25) is 11.8 Å². The van der Waals surface area contributed by atoms with Crippen molar-refractivity contribution in [1.29, 1.82) is 0 Å². The van der Waals surface area contributed by atoms with Crippen molar-refractivity contribution in [3.63, 3.8) is 0 Å². The summed E-state index contributed by atoms with van der Waals surface area (Å²) in [5, 5.41) is 9.81. The summed E-state index contributed by atoms with van der Waals surface area (Å²) in [7, 11) is 0. The highest BCUT2D eigenvalue weighted by Gasteiger charge is 2.38. The average Bonchev–Trinajstić information content (AvgIpc) is 2.48. The number of nitrogens with zero attached hydrogens (tertiary/aromatic N) is 2. The number of fused-ring (bicyclic) bond motifs is 2.